The Bertz CT molecular complexity index is 1280. The molecule has 0 saturated carbocycles. The monoisotopic (exact) mass is 518 g/mol. The van der Waals surface area contributed by atoms with Crippen molar-refractivity contribution in [1.82, 2.24) is 0 Å². The first-order valence-electron chi connectivity index (χ1n) is 10.7. The van der Waals surface area contributed by atoms with Gasteiger partial charge in [0, 0.05) is 30.1 Å². The Kier molecular flexibility index (Phi) is 8.84. The second-order valence-corrected chi connectivity index (χ2v) is 9.95. The summed E-state index contributed by atoms with van der Waals surface area (Å²) < 4.78 is 42.3. The van der Waals surface area contributed by atoms with Gasteiger partial charge in [-0.3, -0.25) is 9.10 Å². The van der Waals surface area contributed by atoms with Crippen LogP contribution >= 0.6 is 11.6 Å². The Labute approximate surface area is 210 Å². The Balaban J connectivity index is 1.67. The van der Waals surface area contributed by atoms with Gasteiger partial charge in [0.15, 0.2) is 5.75 Å². The average Bonchev–Trinajstić information content (AvgIpc) is 2.83. The zero-order chi connectivity index (χ0) is 25.4. The summed E-state index contributed by atoms with van der Waals surface area (Å²) in [6.45, 7) is 0.127. The normalized spacial score (nSPS) is 11.0. The van der Waals surface area contributed by atoms with E-state index < -0.39 is 10.0 Å². The molecule has 0 heterocycles. The predicted octanol–water partition coefficient (Wildman–Crippen LogP) is 5.33. The third-order valence-corrected chi connectivity index (χ3v) is 6.42. The van der Waals surface area contributed by atoms with E-state index in [0.717, 1.165) is 6.26 Å². The van der Waals surface area contributed by atoms with Gasteiger partial charge in [0.25, 0.3) is 0 Å². The number of nitrogens with zero attached hydrogens (tertiary/aromatic N) is 1. The van der Waals surface area contributed by atoms with Crippen LogP contribution in [0, 0.1) is 0 Å². The molecule has 35 heavy (non-hydrogen) atoms. The van der Waals surface area contributed by atoms with Crippen molar-refractivity contribution < 1.29 is 27.4 Å². The van der Waals surface area contributed by atoms with Crippen molar-refractivity contribution in [3.8, 4) is 23.0 Å². The molecular formula is C25H27ClN2O6S. The number of hydrogen-bond donors (Lipinski definition) is 1. The largest absolute Gasteiger partial charge is 0.497 e. The summed E-state index contributed by atoms with van der Waals surface area (Å²) in [7, 11) is -0.482. The smallest absolute Gasteiger partial charge is 0.232 e. The van der Waals surface area contributed by atoms with Crippen LogP contribution in [0.25, 0.3) is 0 Å². The van der Waals surface area contributed by atoms with E-state index >= 15 is 0 Å². The first-order chi connectivity index (χ1) is 16.7. The second kappa shape index (κ2) is 11.8. The maximum Gasteiger partial charge on any atom is 0.232 e. The van der Waals surface area contributed by atoms with Crippen LogP contribution in [0.4, 0.5) is 11.4 Å². The lowest BCUT2D eigenvalue weighted by atomic mass is 10.2. The van der Waals surface area contributed by atoms with Crippen LogP contribution in [0.15, 0.2) is 66.7 Å². The van der Waals surface area contributed by atoms with E-state index in [2.05, 4.69) is 5.32 Å². The molecular weight excluding hydrogens is 492 g/mol. The summed E-state index contributed by atoms with van der Waals surface area (Å²) in [5.74, 6) is 1.81. The molecule has 0 saturated heterocycles. The van der Waals surface area contributed by atoms with Crippen molar-refractivity contribution in [1.29, 1.82) is 0 Å². The molecule has 0 atom stereocenters. The predicted molar refractivity (Wildman–Crippen MR) is 138 cm³/mol. The third kappa shape index (κ3) is 7.53. The van der Waals surface area contributed by atoms with Crippen molar-refractivity contribution in [2.75, 3.05) is 36.6 Å². The lowest BCUT2D eigenvalue weighted by molar-refractivity contribution is -0.116. The Morgan fingerprint density at radius 3 is 2.29 bits per heavy atom. The van der Waals surface area contributed by atoms with Crippen molar-refractivity contribution >= 4 is 38.9 Å². The minimum Gasteiger partial charge on any atom is -0.497 e. The van der Waals surface area contributed by atoms with Crippen molar-refractivity contribution in [3.05, 3.63) is 71.8 Å². The van der Waals surface area contributed by atoms with Crippen LogP contribution in [0.5, 0.6) is 23.0 Å². The van der Waals surface area contributed by atoms with Gasteiger partial charge >= 0.3 is 0 Å². The number of amides is 1. The summed E-state index contributed by atoms with van der Waals surface area (Å²) in [4.78, 5) is 12.7. The molecule has 0 aliphatic heterocycles. The molecule has 3 rings (SSSR count). The number of hydrogen-bond acceptors (Lipinski definition) is 6. The number of carbonyl (C=O) groups is 1. The van der Waals surface area contributed by atoms with E-state index in [-0.39, 0.29) is 18.9 Å². The number of anilines is 2. The van der Waals surface area contributed by atoms with Crippen molar-refractivity contribution in [3.63, 3.8) is 0 Å². The fraction of sp³-hybridized carbons (Fsp3) is 0.240. The van der Waals surface area contributed by atoms with Crippen LogP contribution in [0.2, 0.25) is 5.02 Å². The molecule has 1 N–H and O–H groups in total. The maximum atomic E-state index is 12.7. The minimum atomic E-state index is -3.55. The molecule has 0 radical (unpaired) electrons. The van der Waals surface area contributed by atoms with Gasteiger partial charge in [-0.05, 0) is 48.9 Å². The fourth-order valence-electron chi connectivity index (χ4n) is 3.33. The van der Waals surface area contributed by atoms with Crippen LogP contribution in [0.1, 0.15) is 12.8 Å². The number of ether oxygens (including phenoxy) is 3. The van der Waals surface area contributed by atoms with E-state index in [1.807, 2.05) is 0 Å². The molecule has 3 aromatic carbocycles. The van der Waals surface area contributed by atoms with Crippen LogP contribution in [0.3, 0.4) is 0 Å². The molecule has 0 aliphatic rings. The molecule has 10 heteroatoms. The number of sulfonamides is 1. The lowest BCUT2D eigenvalue weighted by Crippen LogP contribution is -2.31. The number of benzene rings is 3. The average molecular weight is 519 g/mol. The first-order valence-corrected chi connectivity index (χ1v) is 13.0. The summed E-state index contributed by atoms with van der Waals surface area (Å²) in [5.41, 5.74) is 0.870. The standard InChI is InChI=1S/C25H27ClN2O6S/c1-32-20-8-4-7-19(16-20)28(35(3,30)31)14-6-11-25(29)27-23-15-18(26)12-13-24(23)34-22-10-5-9-21(17-22)33-2/h4-5,7-10,12-13,15-17H,6,11,14H2,1-3H3,(H,27,29). The molecule has 0 spiro atoms. The van der Waals surface area contributed by atoms with Gasteiger partial charge in [0.05, 0.1) is 31.9 Å². The minimum absolute atomic E-state index is 0.0844. The second-order valence-electron chi connectivity index (χ2n) is 7.61. The van der Waals surface area contributed by atoms with Crippen molar-refractivity contribution in [2.45, 2.75) is 12.8 Å². The molecule has 0 aromatic heterocycles. The van der Waals surface area contributed by atoms with Gasteiger partial charge in [-0.1, -0.05) is 23.7 Å². The van der Waals surface area contributed by atoms with Gasteiger partial charge in [-0.15, -0.1) is 0 Å². The van der Waals surface area contributed by atoms with E-state index in [9.17, 15) is 13.2 Å². The maximum absolute atomic E-state index is 12.7. The Morgan fingerprint density at radius 2 is 1.60 bits per heavy atom. The van der Waals surface area contributed by atoms with Gasteiger partial charge in [0.2, 0.25) is 15.9 Å². The lowest BCUT2D eigenvalue weighted by Gasteiger charge is -2.22. The van der Waals surface area contributed by atoms with Gasteiger partial charge in [-0.25, -0.2) is 8.42 Å². The highest BCUT2D eigenvalue weighted by molar-refractivity contribution is 7.92. The number of rotatable bonds is 11. The first kappa shape index (κ1) is 26.2. The molecule has 8 nitrogen and oxygen atoms in total. The SMILES string of the molecule is COc1cccc(Oc2ccc(Cl)cc2NC(=O)CCCN(c2cccc(OC)c2)S(C)(=O)=O)c1. The van der Waals surface area contributed by atoms with E-state index in [1.165, 1.54) is 11.4 Å². The summed E-state index contributed by atoms with van der Waals surface area (Å²) in [6.07, 6.45) is 1.50. The van der Waals surface area contributed by atoms with E-state index in [1.54, 1.807) is 73.8 Å². The molecule has 0 aliphatic carbocycles. The zero-order valence-corrected chi connectivity index (χ0v) is 21.2. The molecule has 0 fully saturated rings. The highest BCUT2D eigenvalue weighted by atomic mass is 35.5. The zero-order valence-electron chi connectivity index (χ0n) is 19.7. The number of methoxy groups -OCH3 is 2. The van der Waals surface area contributed by atoms with Gasteiger partial charge in [0.1, 0.15) is 17.2 Å². The van der Waals surface area contributed by atoms with Gasteiger partial charge < -0.3 is 19.5 Å². The third-order valence-electron chi connectivity index (χ3n) is 4.99. The number of nitrogens with one attached hydrogen (secondary N) is 1. The molecule has 0 unspecified atom stereocenters. The molecule has 1 amide bonds. The molecule has 0 bridgehead atoms. The van der Waals surface area contributed by atoms with Crippen LogP contribution in [-0.4, -0.2) is 41.3 Å². The summed E-state index contributed by atoms with van der Waals surface area (Å²) in [5, 5.41) is 3.23. The highest BCUT2D eigenvalue weighted by Gasteiger charge is 2.18. The Hall–Kier alpha value is -3.43. The fourth-order valence-corrected chi connectivity index (χ4v) is 4.46. The van der Waals surface area contributed by atoms with E-state index in [4.69, 9.17) is 25.8 Å². The molecule has 3 aromatic rings. The quantitative estimate of drug-likeness (QED) is 0.368. The van der Waals surface area contributed by atoms with E-state index in [0.29, 0.717) is 45.8 Å². The van der Waals surface area contributed by atoms with Crippen molar-refractivity contribution in [2.24, 2.45) is 0 Å². The molecule has 186 valence electrons. The summed E-state index contributed by atoms with van der Waals surface area (Å²) in [6, 6.07) is 18.7. The van der Waals surface area contributed by atoms with Gasteiger partial charge in [-0.2, -0.15) is 0 Å². The summed E-state index contributed by atoms with van der Waals surface area (Å²) >= 11 is 6.13. The highest BCUT2D eigenvalue weighted by Crippen LogP contribution is 2.33. The number of carbonyl (C=O) groups excluding carboxylic acids is 1. The number of halogens is 1. The Morgan fingerprint density at radius 1 is 0.943 bits per heavy atom. The van der Waals surface area contributed by atoms with Crippen LogP contribution in [-0.2, 0) is 14.8 Å². The topological polar surface area (TPSA) is 94.2 Å². The van der Waals surface area contributed by atoms with Crippen LogP contribution < -0.4 is 23.8 Å².